The lowest BCUT2D eigenvalue weighted by Gasteiger charge is -2.16. The molecule has 3 rings (SSSR count). The summed E-state index contributed by atoms with van der Waals surface area (Å²) in [4.78, 5) is 7.34. The van der Waals surface area contributed by atoms with Crippen LogP contribution in [0.1, 0.15) is 19.3 Å². The minimum absolute atomic E-state index is 0.314. The number of aromatic amines is 1. The lowest BCUT2D eigenvalue weighted by Crippen LogP contribution is -2.28. The van der Waals surface area contributed by atoms with Gasteiger partial charge in [0.15, 0.2) is 0 Å². The van der Waals surface area contributed by atoms with Gasteiger partial charge >= 0.3 is 0 Å². The van der Waals surface area contributed by atoms with Crippen molar-refractivity contribution < 1.29 is 8.42 Å². The molecule has 0 spiro atoms. The summed E-state index contributed by atoms with van der Waals surface area (Å²) in [5.74, 6) is 0.724. The molecular weight excluding hydrogens is 262 g/mol. The smallest absolute Gasteiger partial charge is 0.245 e. The van der Waals surface area contributed by atoms with Crippen molar-refractivity contribution in [1.82, 2.24) is 14.3 Å². The van der Waals surface area contributed by atoms with Crippen LogP contribution in [0, 0.1) is 5.92 Å². The maximum atomic E-state index is 12.5. The predicted octanol–water partition coefficient (Wildman–Crippen LogP) is 1.98. The van der Waals surface area contributed by atoms with Gasteiger partial charge in [0.05, 0.1) is 0 Å². The summed E-state index contributed by atoms with van der Waals surface area (Å²) in [5.41, 5.74) is 0.608. The second kappa shape index (κ2) is 4.61. The van der Waals surface area contributed by atoms with Crippen LogP contribution in [0.25, 0.3) is 11.0 Å². The van der Waals surface area contributed by atoms with Crippen LogP contribution in [-0.2, 0) is 10.0 Å². The van der Waals surface area contributed by atoms with Gasteiger partial charge in [-0.2, -0.15) is 0 Å². The van der Waals surface area contributed by atoms with E-state index in [1.54, 1.807) is 25.4 Å². The first-order chi connectivity index (χ1) is 9.09. The van der Waals surface area contributed by atoms with Crippen molar-refractivity contribution in [2.45, 2.75) is 24.2 Å². The molecular formula is C13H17N3O2S. The molecule has 0 unspecified atom stereocenters. The fourth-order valence-corrected chi connectivity index (χ4v) is 3.54. The fraction of sp³-hybridized carbons (Fsp3) is 0.462. The summed E-state index contributed by atoms with van der Waals surface area (Å²) in [6.45, 7) is 0.583. The summed E-state index contributed by atoms with van der Waals surface area (Å²) in [7, 11) is -1.78. The van der Waals surface area contributed by atoms with E-state index in [2.05, 4.69) is 9.97 Å². The summed E-state index contributed by atoms with van der Waals surface area (Å²) in [6, 6.07) is 3.53. The van der Waals surface area contributed by atoms with Crippen molar-refractivity contribution in [1.29, 1.82) is 0 Å². The van der Waals surface area contributed by atoms with Gasteiger partial charge in [0.2, 0.25) is 10.0 Å². The van der Waals surface area contributed by atoms with Crippen molar-refractivity contribution in [3.63, 3.8) is 0 Å². The minimum Gasteiger partial charge on any atom is -0.345 e. The largest absolute Gasteiger partial charge is 0.345 e. The van der Waals surface area contributed by atoms with Crippen LogP contribution < -0.4 is 0 Å². The average molecular weight is 279 g/mol. The van der Waals surface area contributed by atoms with Crippen LogP contribution in [-0.4, -0.2) is 36.3 Å². The zero-order valence-electron chi connectivity index (χ0n) is 10.8. The zero-order valence-corrected chi connectivity index (χ0v) is 11.7. The topological polar surface area (TPSA) is 66.1 Å². The molecule has 0 aliphatic heterocycles. The Hall–Kier alpha value is -1.40. The summed E-state index contributed by atoms with van der Waals surface area (Å²) >= 11 is 0. The molecule has 1 N–H and O–H groups in total. The van der Waals surface area contributed by atoms with Crippen molar-refractivity contribution in [3.8, 4) is 0 Å². The quantitative estimate of drug-likeness (QED) is 0.910. The third-order valence-corrected chi connectivity index (χ3v) is 5.55. The molecule has 0 saturated heterocycles. The predicted molar refractivity (Wildman–Crippen MR) is 73.3 cm³/mol. The van der Waals surface area contributed by atoms with Crippen LogP contribution >= 0.6 is 0 Å². The average Bonchev–Trinajstić information content (AvgIpc) is 3.12. The molecule has 1 fully saturated rings. The van der Waals surface area contributed by atoms with E-state index < -0.39 is 10.0 Å². The van der Waals surface area contributed by atoms with Crippen LogP contribution in [0.2, 0.25) is 0 Å². The third-order valence-electron chi connectivity index (χ3n) is 3.65. The number of sulfonamides is 1. The third kappa shape index (κ3) is 2.37. The molecule has 2 heterocycles. The van der Waals surface area contributed by atoms with E-state index in [-0.39, 0.29) is 0 Å². The molecule has 0 aromatic carbocycles. The molecule has 2 aromatic rings. The van der Waals surface area contributed by atoms with E-state index in [0.29, 0.717) is 22.5 Å². The Bertz CT molecular complexity index is 689. The molecule has 1 aliphatic rings. The van der Waals surface area contributed by atoms with Gasteiger partial charge in [-0.05, 0) is 24.5 Å². The lowest BCUT2D eigenvalue weighted by atomic mass is 10.3. The molecule has 1 saturated carbocycles. The normalized spacial score (nSPS) is 16.3. The Labute approximate surface area is 112 Å². The highest BCUT2D eigenvalue weighted by Crippen LogP contribution is 2.33. The molecule has 0 radical (unpaired) electrons. The van der Waals surface area contributed by atoms with Gasteiger partial charge < -0.3 is 4.98 Å². The highest BCUT2D eigenvalue weighted by Gasteiger charge is 2.27. The minimum atomic E-state index is -3.43. The van der Waals surface area contributed by atoms with E-state index in [4.69, 9.17) is 0 Å². The number of nitrogens with one attached hydrogen (secondary N) is 1. The van der Waals surface area contributed by atoms with Crippen molar-refractivity contribution >= 4 is 21.1 Å². The number of H-pyrrole nitrogens is 1. The highest BCUT2D eigenvalue weighted by molar-refractivity contribution is 7.89. The first kappa shape index (κ1) is 12.6. The first-order valence-electron chi connectivity index (χ1n) is 6.47. The number of hydrogen-bond acceptors (Lipinski definition) is 3. The van der Waals surface area contributed by atoms with Gasteiger partial charge in [-0.25, -0.2) is 17.7 Å². The van der Waals surface area contributed by atoms with Crippen LogP contribution in [0.4, 0.5) is 0 Å². The van der Waals surface area contributed by atoms with E-state index >= 15 is 0 Å². The lowest BCUT2D eigenvalue weighted by molar-refractivity contribution is 0.451. The Kier molecular flexibility index (Phi) is 3.06. The van der Waals surface area contributed by atoms with Gasteiger partial charge in [-0.3, -0.25) is 0 Å². The van der Waals surface area contributed by atoms with E-state index in [9.17, 15) is 8.42 Å². The second-order valence-electron chi connectivity index (χ2n) is 5.11. The molecule has 19 heavy (non-hydrogen) atoms. The molecule has 5 nitrogen and oxygen atoms in total. The summed E-state index contributed by atoms with van der Waals surface area (Å²) < 4.78 is 26.5. The molecule has 0 bridgehead atoms. The maximum Gasteiger partial charge on any atom is 0.245 e. The number of hydrogen-bond donors (Lipinski definition) is 1. The van der Waals surface area contributed by atoms with Crippen molar-refractivity contribution in [2.75, 3.05) is 13.6 Å². The summed E-state index contributed by atoms with van der Waals surface area (Å²) in [5, 5.41) is 0.653. The summed E-state index contributed by atoms with van der Waals surface area (Å²) in [6.07, 6.45) is 6.61. The fourth-order valence-electron chi connectivity index (χ4n) is 2.20. The number of fused-ring (bicyclic) bond motifs is 1. The Morgan fingerprint density at radius 3 is 3.00 bits per heavy atom. The standard InChI is InChI=1S/C13H17N3O2S/c1-16(8-6-10-4-5-10)19(17,18)12-9-15-13-11(12)3-2-7-14-13/h2-3,7,9-10H,4-6,8H2,1H3,(H,14,15). The van der Waals surface area contributed by atoms with Crippen molar-refractivity contribution in [2.24, 2.45) is 5.92 Å². The SMILES string of the molecule is CN(CCC1CC1)S(=O)(=O)c1c[nH]c2ncccc12. The number of rotatable bonds is 5. The van der Waals surface area contributed by atoms with Gasteiger partial charge in [0.1, 0.15) is 10.5 Å². The van der Waals surface area contributed by atoms with E-state index in [1.807, 2.05) is 0 Å². The highest BCUT2D eigenvalue weighted by atomic mass is 32.2. The van der Waals surface area contributed by atoms with Crippen LogP contribution in [0.15, 0.2) is 29.4 Å². The van der Waals surface area contributed by atoms with Crippen LogP contribution in [0.3, 0.4) is 0 Å². The van der Waals surface area contributed by atoms with Crippen molar-refractivity contribution in [3.05, 3.63) is 24.5 Å². The Balaban J connectivity index is 1.89. The van der Waals surface area contributed by atoms with Crippen LogP contribution in [0.5, 0.6) is 0 Å². The molecule has 2 aromatic heterocycles. The zero-order chi connectivity index (χ0) is 13.5. The Morgan fingerprint density at radius 1 is 1.47 bits per heavy atom. The van der Waals surface area contributed by atoms with E-state index in [0.717, 1.165) is 12.3 Å². The molecule has 1 aliphatic carbocycles. The molecule has 6 heteroatoms. The van der Waals surface area contributed by atoms with Gasteiger partial charge in [0, 0.05) is 31.4 Å². The maximum absolute atomic E-state index is 12.5. The van der Waals surface area contributed by atoms with Gasteiger partial charge in [0.25, 0.3) is 0 Å². The molecule has 0 amide bonds. The Morgan fingerprint density at radius 2 is 2.26 bits per heavy atom. The monoisotopic (exact) mass is 279 g/mol. The number of aromatic nitrogens is 2. The first-order valence-corrected chi connectivity index (χ1v) is 7.91. The van der Waals surface area contributed by atoms with Gasteiger partial charge in [-0.1, -0.05) is 12.8 Å². The molecule has 0 atom stereocenters. The second-order valence-corrected chi connectivity index (χ2v) is 7.12. The van der Waals surface area contributed by atoms with E-state index in [1.165, 1.54) is 23.3 Å². The van der Waals surface area contributed by atoms with Gasteiger partial charge in [-0.15, -0.1) is 0 Å². The number of pyridine rings is 1. The molecule has 102 valence electrons. The number of nitrogens with zero attached hydrogens (tertiary/aromatic N) is 2.